The van der Waals surface area contributed by atoms with E-state index in [0.717, 1.165) is 11.0 Å². The van der Waals surface area contributed by atoms with Crippen molar-refractivity contribution in [1.82, 2.24) is 0 Å². The Morgan fingerprint density at radius 2 is 1.75 bits per heavy atom. The number of rotatable bonds is 9. The highest BCUT2D eigenvalue weighted by atomic mass is 32.2. The van der Waals surface area contributed by atoms with Crippen molar-refractivity contribution in [1.29, 1.82) is 0 Å². The molecule has 1 atom stereocenters. The number of aryl methyl sites for hydroxylation is 1. The summed E-state index contributed by atoms with van der Waals surface area (Å²) in [5, 5.41) is 1.11. The normalized spacial score (nSPS) is 16.4. The first kappa shape index (κ1) is 23.3. The van der Waals surface area contributed by atoms with Gasteiger partial charge in [0.2, 0.25) is 0 Å². The number of sulfone groups is 1. The minimum Gasteiger partial charge on any atom is -0.493 e. The van der Waals surface area contributed by atoms with Gasteiger partial charge < -0.3 is 19.1 Å². The predicted molar refractivity (Wildman–Crippen MR) is 119 cm³/mol. The Morgan fingerprint density at radius 1 is 1.03 bits per heavy atom. The molecule has 1 heterocycles. The lowest BCUT2D eigenvalue weighted by Gasteiger charge is -2.27. The molecule has 0 spiro atoms. The molecule has 0 unspecified atom stereocenters. The van der Waals surface area contributed by atoms with Gasteiger partial charge in [0.05, 0.1) is 26.0 Å². The number of carbonyl (C=O) groups excluding carboxylic acids is 2. The first-order valence-electron chi connectivity index (χ1n) is 9.97. The molecular formula is C23H25NO7S. The zero-order valence-electron chi connectivity index (χ0n) is 17.9. The number of anilines is 1. The van der Waals surface area contributed by atoms with Crippen LogP contribution < -0.4 is 14.4 Å². The predicted octanol–water partition coefficient (Wildman–Crippen LogP) is 2.52. The Balaban J connectivity index is 1.60. The summed E-state index contributed by atoms with van der Waals surface area (Å²) in [6.45, 7) is -0.482. The standard InChI is InChI=1S/C23H25NO7S/c1-29-20-10-8-17(14-21(20)30-2)9-11-23(26)31-15-22(25)24(18-6-4-3-5-7-18)19-12-13-32(27,28)16-19/h3-8,10,12-14,19H,9,11,15-16H2,1-2H3/t19-/m1/s1. The number of amides is 1. The van der Waals surface area contributed by atoms with E-state index in [1.54, 1.807) is 49.6 Å². The number of benzene rings is 2. The highest BCUT2D eigenvalue weighted by Crippen LogP contribution is 2.28. The van der Waals surface area contributed by atoms with Crippen molar-refractivity contribution in [3.8, 4) is 11.5 Å². The molecule has 0 saturated heterocycles. The van der Waals surface area contributed by atoms with E-state index in [2.05, 4.69) is 0 Å². The summed E-state index contributed by atoms with van der Waals surface area (Å²) in [5.74, 6) is -0.0842. The molecular weight excluding hydrogens is 434 g/mol. The lowest BCUT2D eigenvalue weighted by molar-refractivity contribution is -0.147. The molecule has 0 aromatic heterocycles. The number of esters is 1. The van der Waals surface area contributed by atoms with Gasteiger partial charge in [0.15, 0.2) is 27.9 Å². The van der Waals surface area contributed by atoms with Crippen molar-refractivity contribution in [3.05, 3.63) is 65.6 Å². The molecule has 0 saturated carbocycles. The fourth-order valence-corrected chi connectivity index (χ4v) is 4.66. The number of hydrogen-bond donors (Lipinski definition) is 0. The van der Waals surface area contributed by atoms with Crippen molar-refractivity contribution in [2.24, 2.45) is 0 Å². The minimum absolute atomic E-state index is 0.0752. The monoisotopic (exact) mass is 459 g/mol. The smallest absolute Gasteiger partial charge is 0.306 e. The first-order valence-corrected chi connectivity index (χ1v) is 11.7. The molecule has 2 aromatic rings. The average Bonchev–Trinajstić information content (AvgIpc) is 3.15. The fraction of sp³-hybridized carbons (Fsp3) is 0.304. The zero-order valence-corrected chi connectivity index (χ0v) is 18.7. The maximum Gasteiger partial charge on any atom is 0.306 e. The number of carbonyl (C=O) groups is 2. The van der Waals surface area contributed by atoms with Crippen LogP contribution in [0.3, 0.4) is 0 Å². The highest BCUT2D eigenvalue weighted by Gasteiger charge is 2.31. The van der Waals surface area contributed by atoms with Crippen molar-refractivity contribution in [2.75, 3.05) is 31.5 Å². The van der Waals surface area contributed by atoms with E-state index in [-0.39, 0.29) is 12.2 Å². The SMILES string of the molecule is COc1ccc(CCC(=O)OCC(=O)N(c2ccccc2)[C@@H]2C=CS(=O)(=O)C2)cc1OC. The molecule has 0 radical (unpaired) electrons. The number of ether oxygens (including phenoxy) is 3. The molecule has 1 amide bonds. The second kappa shape index (κ2) is 10.3. The maximum absolute atomic E-state index is 12.9. The van der Waals surface area contributed by atoms with Crippen LogP contribution in [0, 0.1) is 0 Å². The molecule has 8 nitrogen and oxygen atoms in total. The van der Waals surface area contributed by atoms with Crippen LogP contribution in [0.4, 0.5) is 5.69 Å². The van der Waals surface area contributed by atoms with Gasteiger partial charge in [-0.2, -0.15) is 0 Å². The van der Waals surface area contributed by atoms with Gasteiger partial charge in [0.1, 0.15) is 0 Å². The van der Waals surface area contributed by atoms with Gasteiger partial charge in [-0.05, 0) is 42.3 Å². The van der Waals surface area contributed by atoms with Gasteiger partial charge in [-0.3, -0.25) is 9.59 Å². The lowest BCUT2D eigenvalue weighted by atomic mass is 10.1. The van der Waals surface area contributed by atoms with Crippen LogP contribution in [0.1, 0.15) is 12.0 Å². The van der Waals surface area contributed by atoms with Crippen molar-refractivity contribution >= 4 is 27.4 Å². The number of methoxy groups -OCH3 is 2. The third-order valence-corrected chi connectivity index (χ3v) is 6.35. The Kier molecular flexibility index (Phi) is 7.53. The average molecular weight is 460 g/mol. The molecule has 1 aliphatic heterocycles. The topological polar surface area (TPSA) is 99.2 Å². The van der Waals surface area contributed by atoms with Crippen molar-refractivity contribution < 1.29 is 32.2 Å². The van der Waals surface area contributed by atoms with Crippen LogP contribution in [0.5, 0.6) is 11.5 Å². The van der Waals surface area contributed by atoms with Crippen molar-refractivity contribution in [3.63, 3.8) is 0 Å². The second-order valence-electron chi connectivity index (χ2n) is 7.17. The Bertz CT molecular complexity index is 1100. The maximum atomic E-state index is 12.9. The minimum atomic E-state index is -3.36. The third-order valence-electron chi connectivity index (χ3n) is 4.97. The summed E-state index contributed by atoms with van der Waals surface area (Å²) in [4.78, 5) is 26.4. The molecule has 2 aromatic carbocycles. The number of para-hydroxylation sites is 1. The summed E-state index contributed by atoms with van der Waals surface area (Å²) >= 11 is 0. The van der Waals surface area contributed by atoms with Gasteiger partial charge in [-0.15, -0.1) is 0 Å². The lowest BCUT2D eigenvalue weighted by Crippen LogP contribution is -2.43. The van der Waals surface area contributed by atoms with Gasteiger partial charge in [-0.1, -0.05) is 24.3 Å². The van der Waals surface area contributed by atoms with Crippen LogP contribution >= 0.6 is 0 Å². The van der Waals surface area contributed by atoms with Gasteiger partial charge in [0, 0.05) is 17.5 Å². The Hall–Kier alpha value is -3.33. The molecule has 170 valence electrons. The van der Waals surface area contributed by atoms with E-state index in [4.69, 9.17) is 14.2 Å². The summed E-state index contributed by atoms with van der Waals surface area (Å²) in [6, 6.07) is 13.4. The van der Waals surface area contributed by atoms with Crippen LogP contribution in [-0.4, -0.2) is 52.9 Å². The molecule has 3 rings (SSSR count). The molecule has 0 fully saturated rings. The number of hydrogen-bond acceptors (Lipinski definition) is 7. The summed E-state index contributed by atoms with van der Waals surface area (Å²) in [6.07, 6.45) is 1.95. The van der Waals surface area contributed by atoms with Crippen LogP contribution in [0.2, 0.25) is 0 Å². The second-order valence-corrected chi connectivity index (χ2v) is 9.11. The Morgan fingerprint density at radius 3 is 2.38 bits per heavy atom. The first-order chi connectivity index (χ1) is 15.3. The summed E-state index contributed by atoms with van der Waals surface area (Å²) < 4.78 is 39.3. The van der Waals surface area contributed by atoms with E-state index in [0.29, 0.717) is 23.6 Å². The van der Waals surface area contributed by atoms with E-state index in [1.165, 1.54) is 18.1 Å². The Labute approximate surface area is 187 Å². The van der Waals surface area contributed by atoms with Crippen LogP contribution in [0.25, 0.3) is 0 Å². The molecule has 0 bridgehead atoms. The van der Waals surface area contributed by atoms with Gasteiger partial charge in [0.25, 0.3) is 5.91 Å². The summed E-state index contributed by atoms with van der Waals surface area (Å²) in [7, 11) is -0.289. The quantitative estimate of drug-likeness (QED) is 0.531. The molecule has 0 N–H and O–H groups in total. The molecule has 0 aliphatic carbocycles. The van der Waals surface area contributed by atoms with Crippen LogP contribution in [-0.2, 0) is 30.6 Å². The molecule has 32 heavy (non-hydrogen) atoms. The molecule has 9 heteroatoms. The van der Waals surface area contributed by atoms with E-state index in [1.807, 2.05) is 6.07 Å². The number of nitrogens with zero attached hydrogens (tertiary/aromatic N) is 1. The largest absolute Gasteiger partial charge is 0.493 e. The molecule has 1 aliphatic rings. The van der Waals surface area contributed by atoms with Gasteiger partial charge >= 0.3 is 5.97 Å². The third kappa shape index (κ3) is 5.88. The van der Waals surface area contributed by atoms with E-state index >= 15 is 0 Å². The van der Waals surface area contributed by atoms with Crippen LogP contribution in [0.15, 0.2) is 60.0 Å². The highest BCUT2D eigenvalue weighted by molar-refractivity contribution is 7.94. The zero-order chi connectivity index (χ0) is 23.1. The van der Waals surface area contributed by atoms with Crippen molar-refractivity contribution in [2.45, 2.75) is 18.9 Å². The summed E-state index contributed by atoms with van der Waals surface area (Å²) in [5.41, 5.74) is 1.39. The van der Waals surface area contributed by atoms with E-state index in [9.17, 15) is 18.0 Å². The van der Waals surface area contributed by atoms with Gasteiger partial charge in [-0.25, -0.2) is 8.42 Å². The fourth-order valence-electron chi connectivity index (χ4n) is 3.40. The van der Waals surface area contributed by atoms with E-state index < -0.39 is 34.4 Å².